The third-order valence-corrected chi connectivity index (χ3v) is 6.59. The number of benzene rings is 3. The van der Waals surface area contributed by atoms with Crippen molar-refractivity contribution in [3.05, 3.63) is 89.0 Å². The van der Waals surface area contributed by atoms with Crippen LogP contribution in [0.2, 0.25) is 0 Å². The van der Waals surface area contributed by atoms with Gasteiger partial charge in [-0.05, 0) is 56.2 Å². The minimum Gasteiger partial charge on any atom is -0.496 e. The molecule has 1 amide bonds. The van der Waals surface area contributed by atoms with Gasteiger partial charge < -0.3 is 10.1 Å². The number of anilines is 1. The van der Waals surface area contributed by atoms with Crippen LogP contribution in [0.1, 0.15) is 40.0 Å². The highest BCUT2D eigenvalue weighted by molar-refractivity contribution is 7.92. The number of aryl methyl sites for hydroxylation is 2. The van der Waals surface area contributed by atoms with Gasteiger partial charge in [-0.2, -0.15) is 0 Å². The SMILES string of the molecule is COc1ccccc1[C@H](C)NC(=O)c1ccc(C)c(S(=O)(=O)Nc2ccccc2C)c1. The van der Waals surface area contributed by atoms with Crippen molar-refractivity contribution in [2.24, 2.45) is 0 Å². The van der Waals surface area contributed by atoms with Crippen LogP contribution in [0.4, 0.5) is 5.69 Å². The molecule has 162 valence electrons. The Balaban J connectivity index is 1.86. The molecule has 0 spiro atoms. The number of carbonyl (C=O) groups excluding carboxylic acids is 1. The van der Waals surface area contributed by atoms with Crippen LogP contribution in [-0.4, -0.2) is 21.4 Å². The van der Waals surface area contributed by atoms with Crippen molar-refractivity contribution in [3.63, 3.8) is 0 Å². The topological polar surface area (TPSA) is 84.5 Å². The molecule has 7 heteroatoms. The van der Waals surface area contributed by atoms with Crippen molar-refractivity contribution < 1.29 is 17.9 Å². The number of sulfonamides is 1. The van der Waals surface area contributed by atoms with Gasteiger partial charge in [0.15, 0.2) is 0 Å². The van der Waals surface area contributed by atoms with Crippen LogP contribution >= 0.6 is 0 Å². The molecule has 0 unspecified atom stereocenters. The molecular weight excluding hydrogens is 412 g/mol. The average molecular weight is 439 g/mol. The molecule has 0 bridgehead atoms. The number of ether oxygens (including phenoxy) is 1. The fourth-order valence-corrected chi connectivity index (χ4v) is 4.70. The molecule has 3 rings (SSSR count). The summed E-state index contributed by atoms with van der Waals surface area (Å²) in [6, 6.07) is 18.9. The lowest BCUT2D eigenvalue weighted by Gasteiger charge is -2.18. The minimum atomic E-state index is -3.86. The molecule has 0 aliphatic heterocycles. The van der Waals surface area contributed by atoms with Gasteiger partial charge in [0.25, 0.3) is 15.9 Å². The summed E-state index contributed by atoms with van der Waals surface area (Å²) in [6.45, 7) is 5.38. The van der Waals surface area contributed by atoms with Gasteiger partial charge in [-0.1, -0.05) is 42.5 Å². The Morgan fingerprint density at radius 3 is 2.32 bits per heavy atom. The van der Waals surface area contributed by atoms with Crippen molar-refractivity contribution in [1.29, 1.82) is 0 Å². The van der Waals surface area contributed by atoms with E-state index in [4.69, 9.17) is 4.74 Å². The van der Waals surface area contributed by atoms with E-state index in [-0.39, 0.29) is 22.4 Å². The predicted octanol–water partition coefficient (Wildman–Crippen LogP) is 4.60. The van der Waals surface area contributed by atoms with Gasteiger partial charge >= 0.3 is 0 Å². The molecule has 0 radical (unpaired) electrons. The number of carbonyl (C=O) groups is 1. The van der Waals surface area contributed by atoms with Crippen LogP contribution in [0.25, 0.3) is 0 Å². The Morgan fingerprint density at radius 1 is 0.935 bits per heavy atom. The standard InChI is InChI=1S/C24H26N2O4S/c1-16-9-5-7-11-21(16)26-31(28,29)23-15-19(14-13-17(23)2)24(27)25-18(3)20-10-6-8-12-22(20)30-4/h5-15,18,26H,1-4H3,(H,25,27)/t18-/m0/s1. The largest absolute Gasteiger partial charge is 0.496 e. The number of methoxy groups -OCH3 is 1. The Hall–Kier alpha value is -3.32. The molecule has 0 fully saturated rings. The van der Waals surface area contributed by atoms with E-state index in [9.17, 15) is 13.2 Å². The summed E-state index contributed by atoms with van der Waals surface area (Å²) >= 11 is 0. The maximum atomic E-state index is 13.0. The first-order chi connectivity index (χ1) is 14.7. The smallest absolute Gasteiger partial charge is 0.262 e. The van der Waals surface area contributed by atoms with Crippen molar-refractivity contribution >= 4 is 21.6 Å². The fourth-order valence-electron chi connectivity index (χ4n) is 3.30. The maximum absolute atomic E-state index is 13.0. The van der Waals surface area contributed by atoms with Gasteiger partial charge in [0, 0.05) is 11.1 Å². The summed E-state index contributed by atoms with van der Waals surface area (Å²) in [4.78, 5) is 12.9. The van der Waals surface area contributed by atoms with E-state index in [1.54, 1.807) is 38.3 Å². The van der Waals surface area contributed by atoms with Gasteiger partial charge in [0.2, 0.25) is 0 Å². The maximum Gasteiger partial charge on any atom is 0.262 e. The summed E-state index contributed by atoms with van der Waals surface area (Å²) in [6.07, 6.45) is 0. The molecule has 0 saturated heterocycles. The van der Waals surface area contributed by atoms with Crippen molar-refractivity contribution in [1.82, 2.24) is 5.32 Å². The summed E-state index contributed by atoms with van der Waals surface area (Å²) in [5, 5.41) is 2.91. The first kappa shape index (κ1) is 22.4. The number of nitrogens with one attached hydrogen (secondary N) is 2. The highest BCUT2D eigenvalue weighted by atomic mass is 32.2. The number of amides is 1. The third kappa shape index (κ3) is 5.06. The second-order valence-corrected chi connectivity index (χ2v) is 8.99. The van der Waals surface area contributed by atoms with E-state index < -0.39 is 10.0 Å². The van der Waals surface area contributed by atoms with Crippen molar-refractivity contribution in [3.8, 4) is 5.75 Å². The van der Waals surface area contributed by atoms with Gasteiger partial charge in [0.1, 0.15) is 5.75 Å². The Morgan fingerprint density at radius 2 is 1.61 bits per heavy atom. The number of hydrogen-bond donors (Lipinski definition) is 2. The molecule has 0 aliphatic rings. The molecule has 31 heavy (non-hydrogen) atoms. The van der Waals surface area contributed by atoms with Crippen molar-refractivity contribution in [2.75, 3.05) is 11.8 Å². The van der Waals surface area contributed by atoms with E-state index >= 15 is 0 Å². The molecule has 2 N–H and O–H groups in total. The second-order valence-electron chi connectivity index (χ2n) is 7.34. The third-order valence-electron chi connectivity index (χ3n) is 5.08. The number of hydrogen-bond acceptors (Lipinski definition) is 4. The van der Waals surface area contributed by atoms with Crippen molar-refractivity contribution in [2.45, 2.75) is 31.7 Å². The monoisotopic (exact) mass is 438 g/mol. The van der Waals surface area contributed by atoms with E-state index in [0.29, 0.717) is 17.0 Å². The lowest BCUT2D eigenvalue weighted by atomic mass is 10.1. The normalized spacial score (nSPS) is 12.1. The molecule has 3 aromatic rings. The van der Waals surface area contributed by atoms with E-state index in [1.165, 1.54) is 6.07 Å². The van der Waals surface area contributed by atoms with Gasteiger partial charge in [-0.15, -0.1) is 0 Å². The van der Waals surface area contributed by atoms with Crippen LogP contribution < -0.4 is 14.8 Å². The van der Waals surface area contributed by atoms with Crippen LogP contribution in [0.5, 0.6) is 5.75 Å². The van der Waals surface area contributed by atoms with Gasteiger partial charge in [-0.3, -0.25) is 9.52 Å². The zero-order valence-corrected chi connectivity index (χ0v) is 18.8. The Bertz CT molecular complexity index is 1210. The van der Waals surface area contributed by atoms with Crippen LogP contribution in [0, 0.1) is 13.8 Å². The van der Waals surface area contributed by atoms with E-state index in [0.717, 1.165) is 11.1 Å². The fraction of sp³-hybridized carbons (Fsp3) is 0.208. The first-order valence-electron chi connectivity index (χ1n) is 9.86. The summed E-state index contributed by atoms with van der Waals surface area (Å²) in [7, 11) is -2.29. The molecule has 6 nitrogen and oxygen atoms in total. The Labute approximate surface area is 183 Å². The highest BCUT2D eigenvalue weighted by Gasteiger charge is 2.21. The second kappa shape index (κ2) is 9.22. The molecular formula is C24H26N2O4S. The summed E-state index contributed by atoms with van der Waals surface area (Å²) in [5.41, 5.74) is 2.96. The lowest BCUT2D eigenvalue weighted by Crippen LogP contribution is -2.27. The van der Waals surface area contributed by atoms with Crippen LogP contribution in [0.3, 0.4) is 0 Å². The molecule has 3 aromatic carbocycles. The summed E-state index contributed by atoms with van der Waals surface area (Å²) < 4.78 is 34.0. The van der Waals surface area contributed by atoms with Gasteiger partial charge in [0.05, 0.1) is 23.7 Å². The molecule has 0 aromatic heterocycles. The minimum absolute atomic E-state index is 0.0633. The first-order valence-corrected chi connectivity index (χ1v) is 11.3. The molecule has 0 saturated carbocycles. The molecule has 0 heterocycles. The van der Waals surface area contributed by atoms with Gasteiger partial charge in [-0.25, -0.2) is 8.42 Å². The predicted molar refractivity (Wildman–Crippen MR) is 122 cm³/mol. The quantitative estimate of drug-likeness (QED) is 0.564. The zero-order chi connectivity index (χ0) is 22.6. The average Bonchev–Trinajstić information content (AvgIpc) is 2.75. The van der Waals surface area contributed by atoms with Crippen LogP contribution in [0.15, 0.2) is 71.6 Å². The highest BCUT2D eigenvalue weighted by Crippen LogP contribution is 2.26. The van der Waals surface area contributed by atoms with E-state index in [1.807, 2.05) is 50.2 Å². The Kier molecular flexibility index (Phi) is 6.65. The van der Waals surface area contributed by atoms with Crippen LogP contribution in [-0.2, 0) is 10.0 Å². The number of para-hydroxylation sites is 2. The zero-order valence-electron chi connectivity index (χ0n) is 18.0. The lowest BCUT2D eigenvalue weighted by molar-refractivity contribution is 0.0939. The van der Waals surface area contributed by atoms with E-state index in [2.05, 4.69) is 10.0 Å². The molecule has 0 aliphatic carbocycles. The number of rotatable bonds is 7. The molecule has 1 atom stereocenters. The summed E-state index contributed by atoms with van der Waals surface area (Å²) in [5.74, 6) is 0.302.